The third kappa shape index (κ3) is 6.10. The molecule has 7 heteroatoms. The number of benzene rings is 2. The van der Waals surface area contributed by atoms with Gasteiger partial charge in [-0.25, -0.2) is 0 Å². The van der Waals surface area contributed by atoms with Gasteiger partial charge in [0.1, 0.15) is 0 Å². The molecule has 1 heterocycles. The van der Waals surface area contributed by atoms with Crippen LogP contribution in [0.1, 0.15) is 33.3 Å². The maximum Gasteiger partial charge on any atom is 0.277 e. The van der Waals surface area contributed by atoms with Crippen LogP contribution in [0.15, 0.2) is 64.2 Å². The summed E-state index contributed by atoms with van der Waals surface area (Å²) >= 11 is 1.28. The predicted octanol–water partition coefficient (Wildman–Crippen LogP) is 5.11. The van der Waals surface area contributed by atoms with Crippen molar-refractivity contribution >= 4 is 23.4 Å². The van der Waals surface area contributed by atoms with E-state index < -0.39 is 0 Å². The highest BCUT2D eigenvalue weighted by Gasteiger charge is 2.19. The molecule has 3 rings (SSSR count). The molecule has 0 fully saturated rings. The fraction of sp³-hybridized carbons (Fsp3) is 0.375. The van der Waals surface area contributed by atoms with E-state index in [1.165, 1.54) is 17.4 Å². The second-order valence-corrected chi connectivity index (χ2v) is 8.41. The lowest BCUT2D eigenvalue weighted by Crippen LogP contribution is -2.37. The molecule has 0 spiro atoms. The Morgan fingerprint density at radius 2 is 1.68 bits per heavy atom. The lowest BCUT2D eigenvalue weighted by molar-refractivity contribution is -0.130. The molecule has 0 unspecified atom stereocenters. The minimum atomic E-state index is 0.0483. The fourth-order valence-electron chi connectivity index (χ4n) is 3.33. The van der Waals surface area contributed by atoms with Crippen LogP contribution in [-0.4, -0.2) is 45.9 Å². The zero-order chi connectivity index (χ0) is 22.2. The lowest BCUT2D eigenvalue weighted by atomic mass is 10.2. The summed E-state index contributed by atoms with van der Waals surface area (Å²) in [6, 6.07) is 18.2. The number of carbonyl (C=O) groups is 1. The van der Waals surface area contributed by atoms with Gasteiger partial charge < -0.3 is 14.2 Å². The highest BCUT2D eigenvalue weighted by molar-refractivity contribution is 7.99. The number of nitrogens with zero attached hydrogens (tertiary/aromatic N) is 4. The Balaban J connectivity index is 1.60. The molecule has 0 aliphatic heterocycles. The lowest BCUT2D eigenvalue weighted by Gasteiger charge is -2.26. The number of rotatable bonds is 10. The number of thioether (sulfide) groups is 1. The summed E-state index contributed by atoms with van der Waals surface area (Å²) in [7, 11) is 0. The quantitative estimate of drug-likeness (QED) is 0.410. The van der Waals surface area contributed by atoms with Gasteiger partial charge in [-0.2, -0.15) is 0 Å². The van der Waals surface area contributed by atoms with Crippen molar-refractivity contribution in [3.8, 4) is 11.5 Å². The predicted molar refractivity (Wildman–Crippen MR) is 126 cm³/mol. The van der Waals surface area contributed by atoms with E-state index in [-0.39, 0.29) is 17.7 Å². The number of aromatic nitrogens is 2. The van der Waals surface area contributed by atoms with Crippen molar-refractivity contribution in [1.82, 2.24) is 15.1 Å². The maximum atomic E-state index is 12.8. The highest BCUT2D eigenvalue weighted by Crippen LogP contribution is 2.26. The summed E-state index contributed by atoms with van der Waals surface area (Å²) in [4.78, 5) is 17.0. The van der Waals surface area contributed by atoms with Crippen molar-refractivity contribution in [2.75, 3.05) is 23.7 Å². The smallest absolute Gasteiger partial charge is 0.277 e. The van der Waals surface area contributed by atoms with E-state index in [2.05, 4.69) is 41.1 Å². The molecule has 0 aliphatic carbocycles. The summed E-state index contributed by atoms with van der Waals surface area (Å²) in [6.07, 6.45) is 0. The normalized spacial score (nSPS) is 11.0. The molecule has 1 aromatic heterocycles. The second kappa shape index (κ2) is 11.0. The molecule has 6 nitrogen and oxygen atoms in total. The Hall–Kier alpha value is -2.80. The topological polar surface area (TPSA) is 62.5 Å². The van der Waals surface area contributed by atoms with E-state index in [9.17, 15) is 4.79 Å². The van der Waals surface area contributed by atoms with Gasteiger partial charge in [0.05, 0.1) is 5.75 Å². The van der Waals surface area contributed by atoms with Crippen LogP contribution in [0.2, 0.25) is 0 Å². The second-order valence-electron chi connectivity index (χ2n) is 7.48. The van der Waals surface area contributed by atoms with Crippen LogP contribution < -0.4 is 4.90 Å². The molecular formula is C24H30N4O2S. The van der Waals surface area contributed by atoms with E-state index in [0.717, 1.165) is 24.2 Å². The number of hydrogen-bond acceptors (Lipinski definition) is 6. The highest BCUT2D eigenvalue weighted by atomic mass is 32.2. The number of anilines is 1. The Kier molecular flexibility index (Phi) is 8.12. The zero-order valence-electron chi connectivity index (χ0n) is 18.6. The van der Waals surface area contributed by atoms with Crippen LogP contribution in [0, 0.1) is 0 Å². The first-order valence-electron chi connectivity index (χ1n) is 10.7. The molecule has 2 aromatic carbocycles. The van der Waals surface area contributed by atoms with Crippen LogP contribution in [0.3, 0.4) is 0 Å². The molecule has 164 valence electrons. The summed E-state index contributed by atoms with van der Waals surface area (Å²) in [5, 5.41) is 8.66. The van der Waals surface area contributed by atoms with Gasteiger partial charge in [0, 0.05) is 36.9 Å². The van der Waals surface area contributed by atoms with E-state index >= 15 is 0 Å². The van der Waals surface area contributed by atoms with Crippen LogP contribution in [0.5, 0.6) is 0 Å². The van der Waals surface area contributed by atoms with Crippen molar-refractivity contribution in [3.63, 3.8) is 0 Å². The van der Waals surface area contributed by atoms with E-state index in [1.54, 1.807) is 0 Å². The number of carbonyl (C=O) groups excluding carboxylic acids is 1. The minimum absolute atomic E-state index is 0.0483. The molecule has 0 N–H and O–H groups in total. The van der Waals surface area contributed by atoms with Gasteiger partial charge >= 0.3 is 0 Å². The largest absolute Gasteiger partial charge is 0.411 e. The average molecular weight is 439 g/mol. The summed E-state index contributed by atoms with van der Waals surface area (Å²) in [6.45, 7) is 10.8. The number of hydrogen-bond donors (Lipinski definition) is 0. The Bertz CT molecular complexity index is 953. The van der Waals surface area contributed by atoms with Gasteiger partial charge in [0.15, 0.2) is 0 Å². The minimum Gasteiger partial charge on any atom is -0.411 e. The number of amides is 1. The molecule has 3 aromatic rings. The van der Waals surface area contributed by atoms with Crippen LogP contribution in [0.25, 0.3) is 11.5 Å². The van der Waals surface area contributed by atoms with Crippen molar-refractivity contribution in [1.29, 1.82) is 0 Å². The molecule has 31 heavy (non-hydrogen) atoms. The van der Waals surface area contributed by atoms with Crippen LogP contribution >= 0.6 is 11.8 Å². The fourth-order valence-corrected chi connectivity index (χ4v) is 3.98. The zero-order valence-corrected chi connectivity index (χ0v) is 19.4. The molecule has 0 aliphatic rings. The van der Waals surface area contributed by atoms with Crippen molar-refractivity contribution in [2.24, 2.45) is 0 Å². The van der Waals surface area contributed by atoms with E-state index in [0.29, 0.717) is 17.7 Å². The summed E-state index contributed by atoms with van der Waals surface area (Å²) in [5.41, 5.74) is 3.15. The van der Waals surface area contributed by atoms with Crippen molar-refractivity contribution < 1.29 is 9.21 Å². The Morgan fingerprint density at radius 3 is 2.29 bits per heavy atom. The van der Waals surface area contributed by atoms with Gasteiger partial charge in [-0.1, -0.05) is 42.1 Å². The maximum absolute atomic E-state index is 12.8. The summed E-state index contributed by atoms with van der Waals surface area (Å²) < 4.78 is 5.79. The third-order valence-electron chi connectivity index (χ3n) is 5.11. The molecule has 0 atom stereocenters. The van der Waals surface area contributed by atoms with Gasteiger partial charge in [-0.3, -0.25) is 4.79 Å². The monoisotopic (exact) mass is 438 g/mol. The van der Waals surface area contributed by atoms with Crippen molar-refractivity contribution in [2.45, 2.75) is 45.5 Å². The Labute approximate surface area is 188 Å². The van der Waals surface area contributed by atoms with Crippen LogP contribution in [0.4, 0.5) is 5.69 Å². The molecule has 0 bridgehead atoms. The third-order valence-corrected chi connectivity index (χ3v) is 5.91. The molecule has 0 saturated carbocycles. The van der Waals surface area contributed by atoms with Gasteiger partial charge in [0.25, 0.3) is 5.22 Å². The van der Waals surface area contributed by atoms with Crippen LogP contribution in [-0.2, 0) is 11.3 Å². The van der Waals surface area contributed by atoms with E-state index in [4.69, 9.17) is 4.42 Å². The molecule has 0 saturated heterocycles. The molecular weight excluding hydrogens is 408 g/mol. The first kappa shape index (κ1) is 22.9. The van der Waals surface area contributed by atoms with Gasteiger partial charge in [-0.15, -0.1) is 10.2 Å². The van der Waals surface area contributed by atoms with Crippen molar-refractivity contribution in [3.05, 3.63) is 60.2 Å². The first-order valence-corrected chi connectivity index (χ1v) is 11.7. The first-order chi connectivity index (χ1) is 15.0. The molecule has 1 amide bonds. The SMILES string of the molecule is CCN(CC)c1ccc(-c2nnc(SCC(=O)N(Cc3ccccc3)C(C)C)o2)cc1. The molecule has 0 radical (unpaired) electrons. The van der Waals surface area contributed by atoms with Gasteiger partial charge in [-0.05, 0) is 57.5 Å². The summed E-state index contributed by atoms with van der Waals surface area (Å²) in [5.74, 6) is 0.770. The average Bonchev–Trinajstić information content (AvgIpc) is 3.27. The van der Waals surface area contributed by atoms with Gasteiger partial charge in [0.2, 0.25) is 11.8 Å². The van der Waals surface area contributed by atoms with E-state index in [1.807, 2.05) is 61.2 Å². The standard InChI is InChI=1S/C24H30N4O2S/c1-5-27(6-2)21-14-12-20(13-15-21)23-25-26-24(30-23)31-17-22(29)28(18(3)4)16-19-10-8-7-9-11-19/h7-15,18H,5-6,16-17H2,1-4H3. The Morgan fingerprint density at radius 1 is 1.00 bits per heavy atom.